The van der Waals surface area contributed by atoms with Gasteiger partial charge in [0.15, 0.2) is 0 Å². The lowest BCUT2D eigenvalue weighted by Gasteiger charge is -2.11. The van der Waals surface area contributed by atoms with Gasteiger partial charge in [0.2, 0.25) is 0 Å². The zero-order chi connectivity index (χ0) is 13.7. The van der Waals surface area contributed by atoms with Crippen molar-refractivity contribution < 1.29 is 4.74 Å². The molecule has 1 heterocycles. The first-order valence-corrected chi connectivity index (χ1v) is 6.59. The highest BCUT2D eigenvalue weighted by Gasteiger charge is 2.09. The number of benzene rings is 1. The van der Waals surface area contributed by atoms with E-state index in [4.69, 9.17) is 27.9 Å². The van der Waals surface area contributed by atoms with Crippen LogP contribution in [0.1, 0.15) is 11.3 Å². The van der Waals surface area contributed by atoms with Crippen LogP contribution in [0.5, 0.6) is 5.75 Å². The largest absolute Gasteiger partial charge is 0.495 e. The van der Waals surface area contributed by atoms with Crippen LogP contribution in [0.4, 0.5) is 0 Å². The number of hydrogen-bond donors (Lipinski definition) is 1. The fourth-order valence-electron chi connectivity index (χ4n) is 1.80. The van der Waals surface area contributed by atoms with E-state index in [9.17, 15) is 0 Å². The zero-order valence-electron chi connectivity index (χ0n) is 10.5. The Kier molecular flexibility index (Phi) is 5.02. The minimum absolute atomic E-state index is 0.518. The van der Waals surface area contributed by atoms with Crippen molar-refractivity contribution in [2.45, 2.75) is 13.1 Å². The van der Waals surface area contributed by atoms with E-state index in [2.05, 4.69) is 10.3 Å². The summed E-state index contributed by atoms with van der Waals surface area (Å²) in [6.45, 7) is 1.29. The molecule has 0 spiro atoms. The molecule has 1 aromatic heterocycles. The number of pyridine rings is 1. The van der Waals surface area contributed by atoms with Crippen LogP contribution in [0.25, 0.3) is 0 Å². The molecule has 0 aliphatic heterocycles. The first-order chi connectivity index (χ1) is 9.20. The second-order valence-electron chi connectivity index (χ2n) is 4.00. The van der Waals surface area contributed by atoms with E-state index >= 15 is 0 Å². The highest BCUT2D eigenvalue weighted by Crippen LogP contribution is 2.32. The Hall–Kier alpha value is -1.29. The third-order valence-corrected chi connectivity index (χ3v) is 3.14. The predicted molar refractivity (Wildman–Crippen MR) is 77.8 cm³/mol. The van der Waals surface area contributed by atoms with E-state index in [1.54, 1.807) is 19.4 Å². The Balaban J connectivity index is 2.03. The number of methoxy groups -OCH3 is 1. The molecule has 1 N–H and O–H groups in total. The third-order valence-electron chi connectivity index (χ3n) is 2.64. The van der Waals surface area contributed by atoms with E-state index in [1.807, 2.05) is 24.3 Å². The van der Waals surface area contributed by atoms with Crippen LogP contribution in [0.15, 0.2) is 36.5 Å². The van der Waals surface area contributed by atoms with Crippen molar-refractivity contribution in [1.82, 2.24) is 10.3 Å². The van der Waals surface area contributed by atoms with Gasteiger partial charge in [-0.2, -0.15) is 0 Å². The first kappa shape index (κ1) is 14.1. The molecule has 1 aromatic carbocycles. The van der Waals surface area contributed by atoms with Gasteiger partial charge < -0.3 is 10.1 Å². The van der Waals surface area contributed by atoms with Gasteiger partial charge in [-0.25, -0.2) is 0 Å². The maximum Gasteiger partial charge on any atom is 0.142 e. The normalized spacial score (nSPS) is 10.5. The predicted octanol–water partition coefficient (Wildman–Crippen LogP) is 3.69. The van der Waals surface area contributed by atoms with Crippen LogP contribution < -0.4 is 10.1 Å². The average molecular weight is 297 g/mol. The topological polar surface area (TPSA) is 34.1 Å². The molecule has 0 aliphatic carbocycles. The van der Waals surface area contributed by atoms with Crippen LogP contribution in [0.3, 0.4) is 0 Å². The van der Waals surface area contributed by atoms with Crippen LogP contribution in [0.2, 0.25) is 10.0 Å². The lowest BCUT2D eigenvalue weighted by molar-refractivity contribution is 0.408. The molecule has 0 amide bonds. The highest BCUT2D eigenvalue weighted by molar-refractivity contribution is 6.35. The van der Waals surface area contributed by atoms with Crippen molar-refractivity contribution in [3.63, 3.8) is 0 Å². The van der Waals surface area contributed by atoms with E-state index < -0.39 is 0 Å². The third kappa shape index (κ3) is 3.83. The molecule has 2 aromatic rings. The standard InChI is InChI=1S/C14H14Cl2N2O/c1-19-14-10(6-11(15)7-13(14)16)8-17-9-12-4-2-3-5-18-12/h2-7,17H,8-9H2,1H3. The maximum atomic E-state index is 6.08. The fraction of sp³-hybridized carbons (Fsp3) is 0.214. The summed E-state index contributed by atoms with van der Waals surface area (Å²) in [6.07, 6.45) is 1.77. The van der Waals surface area contributed by atoms with Crippen molar-refractivity contribution in [3.05, 3.63) is 57.8 Å². The van der Waals surface area contributed by atoms with Crippen LogP contribution in [0, 0.1) is 0 Å². The summed E-state index contributed by atoms with van der Waals surface area (Å²) in [5, 5.41) is 4.40. The van der Waals surface area contributed by atoms with Gasteiger partial charge >= 0.3 is 0 Å². The summed E-state index contributed by atoms with van der Waals surface area (Å²) >= 11 is 12.1. The molecule has 0 atom stereocenters. The van der Waals surface area contributed by atoms with Crippen LogP contribution in [-0.2, 0) is 13.1 Å². The smallest absolute Gasteiger partial charge is 0.142 e. The summed E-state index contributed by atoms with van der Waals surface area (Å²) in [4.78, 5) is 4.24. The molecular formula is C14H14Cl2N2O. The van der Waals surface area contributed by atoms with E-state index in [0.29, 0.717) is 28.9 Å². The van der Waals surface area contributed by atoms with Gasteiger partial charge in [-0.1, -0.05) is 29.3 Å². The molecule has 0 radical (unpaired) electrons. The van der Waals surface area contributed by atoms with E-state index in [0.717, 1.165) is 11.3 Å². The molecule has 3 nitrogen and oxygen atoms in total. The van der Waals surface area contributed by atoms with Crippen molar-refractivity contribution >= 4 is 23.2 Å². The summed E-state index contributed by atoms with van der Waals surface area (Å²) in [5.74, 6) is 0.652. The van der Waals surface area contributed by atoms with Crippen molar-refractivity contribution in [1.29, 1.82) is 0 Å². The number of nitrogens with zero attached hydrogens (tertiary/aromatic N) is 1. The van der Waals surface area contributed by atoms with Gasteiger partial charge in [0, 0.05) is 29.9 Å². The Bertz CT molecular complexity index is 547. The molecule has 2 rings (SSSR count). The van der Waals surface area contributed by atoms with E-state index in [1.165, 1.54) is 0 Å². The SMILES string of the molecule is COc1c(Cl)cc(Cl)cc1CNCc1ccccn1. The van der Waals surface area contributed by atoms with Crippen LogP contribution in [-0.4, -0.2) is 12.1 Å². The summed E-state index contributed by atoms with van der Waals surface area (Å²) in [7, 11) is 1.59. The van der Waals surface area contributed by atoms with Gasteiger partial charge in [0.25, 0.3) is 0 Å². The lowest BCUT2D eigenvalue weighted by Crippen LogP contribution is -2.14. The Morgan fingerprint density at radius 1 is 1.21 bits per heavy atom. The summed E-state index contributed by atoms with van der Waals surface area (Å²) < 4.78 is 5.29. The molecule has 19 heavy (non-hydrogen) atoms. The second kappa shape index (κ2) is 6.75. The molecular weight excluding hydrogens is 283 g/mol. The lowest BCUT2D eigenvalue weighted by atomic mass is 10.2. The molecule has 0 saturated carbocycles. The van der Waals surface area contributed by atoms with Crippen molar-refractivity contribution in [2.75, 3.05) is 7.11 Å². The van der Waals surface area contributed by atoms with Gasteiger partial charge in [-0.3, -0.25) is 4.98 Å². The Morgan fingerprint density at radius 3 is 2.74 bits per heavy atom. The highest BCUT2D eigenvalue weighted by atomic mass is 35.5. The molecule has 100 valence electrons. The van der Waals surface area contributed by atoms with E-state index in [-0.39, 0.29) is 0 Å². The summed E-state index contributed by atoms with van der Waals surface area (Å²) in [5.41, 5.74) is 1.91. The number of aromatic nitrogens is 1. The Labute approximate surface area is 122 Å². The Morgan fingerprint density at radius 2 is 2.05 bits per heavy atom. The molecule has 0 aliphatic rings. The number of nitrogens with one attached hydrogen (secondary N) is 1. The second-order valence-corrected chi connectivity index (χ2v) is 4.85. The van der Waals surface area contributed by atoms with Gasteiger partial charge in [-0.05, 0) is 24.3 Å². The monoisotopic (exact) mass is 296 g/mol. The number of ether oxygens (including phenoxy) is 1. The molecule has 0 unspecified atom stereocenters. The minimum atomic E-state index is 0.518. The molecule has 0 saturated heterocycles. The molecule has 0 bridgehead atoms. The maximum absolute atomic E-state index is 6.08. The quantitative estimate of drug-likeness (QED) is 0.914. The van der Waals surface area contributed by atoms with Gasteiger partial charge in [-0.15, -0.1) is 0 Å². The number of rotatable bonds is 5. The van der Waals surface area contributed by atoms with Crippen molar-refractivity contribution in [2.24, 2.45) is 0 Å². The van der Waals surface area contributed by atoms with Gasteiger partial charge in [0.05, 0.1) is 17.8 Å². The van der Waals surface area contributed by atoms with Crippen LogP contribution >= 0.6 is 23.2 Å². The van der Waals surface area contributed by atoms with Gasteiger partial charge in [0.1, 0.15) is 5.75 Å². The zero-order valence-corrected chi connectivity index (χ0v) is 12.0. The molecule has 5 heteroatoms. The summed E-state index contributed by atoms with van der Waals surface area (Å²) in [6, 6.07) is 9.33. The molecule has 0 fully saturated rings. The number of halogens is 2. The fourth-order valence-corrected chi connectivity index (χ4v) is 2.41. The average Bonchev–Trinajstić information content (AvgIpc) is 2.39. The minimum Gasteiger partial charge on any atom is -0.495 e. The number of hydrogen-bond acceptors (Lipinski definition) is 3. The first-order valence-electron chi connectivity index (χ1n) is 5.83. The van der Waals surface area contributed by atoms with Crippen molar-refractivity contribution in [3.8, 4) is 5.75 Å².